The molecule has 0 aliphatic rings. The van der Waals surface area contributed by atoms with E-state index in [2.05, 4.69) is 5.32 Å². The van der Waals surface area contributed by atoms with Crippen LogP contribution in [0.2, 0.25) is 0 Å². The van der Waals surface area contributed by atoms with Crippen molar-refractivity contribution in [2.75, 3.05) is 11.9 Å². The van der Waals surface area contributed by atoms with E-state index < -0.39 is 5.41 Å². The van der Waals surface area contributed by atoms with Gasteiger partial charge in [-0.2, -0.15) is 0 Å². The van der Waals surface area contributed by atoms with Crippen LogP contribution in [0.25, 0.3) is 0 Å². The summed E-state index contributed by atoms with van der Waals surface area (Å²) in [6.45, 7) is 10.2. The number of carbonyl (C=O) groups excluding carboxylic acids is 2. The van der Waals surface area contributed by atoms with Crippen LogP contribution in [0.4, 0.5) is 5.69 Å². The first-order valence-electron chi connectivity index (χ1n) is 6.77. The van der Waals surface area contributed by atoms with Crippen LogP contribution >= 0.6 is 0 Å². The molecule has 4 heteroatoms. The largest absolute Gasteiger partial charge is 0.491 e. The van der Waals surface area contributed by atoms with Crippen LogP contribution in [0.5, 0.6) is 5.75 Å². The summed E-state index contributed by atoms with van der Waals surface area (Å²) in [6.07, 6.45) is 0.749. The van der Waals surface area contributed by atoms with Crippen molar-refractivity contribution in [2.45, 2.75) is 34.6 Å². The summed E-state index contributed by atoms with van der Waals surface area (Å²) < 4.78 is 5.68. The van der Waals surface area contributed by atoms with Crippen molar-refractivity contribution in [3.8, 4) is 5.75 Å². The van der Waals surface area contributed by atoms with E-state index in [0.717, 1.165) is 6.29 Å². The highest BCUT2D eigenvalue weighted by molar-refractivity contribution is 5.96. The van der Waals surface area contributed by atoms with Gasteiger partial charge in [0.1, 0.15) is 12.0 Å². The number of rotatable bonds is 5. The molecule has 110 valence electrons. The maximum atomic E-state index is 12.1. The summed E-state index contributed by atoms with van der Waals surface area (Å²) in [5.41, 5.74) is 0.535. The first kappa shape index (κ1) is 16.2. The molecule has 0 unspecified atom stereocenters. The van der Waals surface area contributed by atoms with Gasteiger partial charge in [0.15, 0.2) is 0 Å². The van der Waals surface area contributed by atoms with E-state index in [0.29, 0.717) is 29.5 Å². The van der Waals surface area contributed by atoms with Gasteiger partial charge < -0.3 is 10.1 Å². The second-order valence-electron chi connectivity index (χ2n) is 6.28. The van der Waals surface area contributed by atoms with Gasteiger partial charge in [0.05, 0.1) is 12.3 Å². The minimum absolute atomic E-state index is 0.116. The third-order valence-electron chi connectivity index (χ3n) is 2.64. The predicted molar refractivity (Wildman–Crippen MR) is 80.2 cm³/mol. The lowest BCUT2D eigenvalue weighted by Crippen LogP contribution is -2.28. The number of anilines is 1. The summed E-state index contributed by atoms with van der Waals surface area (Å²) in [5, 5.41) is 2.83. The van der Waals surface area contributed by atoms with Crippen LogP contribution in [0, 0.1) is 11.3 Å². The minimum atomic E-state index is -0.507. The van der Waals surface area contributed by atoms with Gasteiger partial charge in [0.25, 0.3) is 0 Å². The summed E-state index contributed by atoms with van der Waals surface area (Å²) in [7, 11) is 0. The fraction of sp³-hybridized carbons (Fsp3) is 0.500. The molecule has 0 bridgehead atoms. The standard InChI is InChI=1S/C16H23NO3/c1-11(2)10-20-14-7-6-12(9-18)8-13(14)17-15(19)16(3,4)5/h6-9,11H,10H2,1-5H3,(H,17,19). The zero-order chi connectivity index (χ0) is 15.3. The SMILES string of the molecule is CC(C)COc1ccc(C=O)cc1NC(=O)C(C)(C)C. The molecule has 0 aliphatic heterocycles. The molecule has 1 rings (SSSR count). The Balaban J connectivity index is 3.00. The Bertz CT molecular complexity index is 487. The third-order valence-corrected chi connectivity index (χ3v) is 2.64. The topological polar surface area (TPSA) is 55.4 Å². The summed E-state index contributed by atoms with van der Waals surface area (Å²) in [4.78, 5) is 22.9. The number of amides is 1. The molecular weight excluding hydrogens is 254 g/mol. The molecule has 20 heavy (non-hydrogen) atoms. The first-order chi connectivity index (χ1) is 9.24. The Morgan fingerprint density at radius 1 is 1.35 bits per heavy atom. The molecule has 0 fully saturated rings. The van der Waals surface area contributed by atoms with Gasteiger partial charge in [-0.15, -0.1) is 0 Å². The van der Waals surface area contributed by atoms with Crippen LogP contribution < -0.4 is 10.1 Å². The van der Waals surface area contributed by atoms with Crippen LogP contribution in [-0.4, -0.2) is 18.8 Å². The molecule has 0 aromatic heterocycles. The second kappa shape index (κ2) is 6.55. The van der Waals surface area contributed by atoms with Gasteiger partial charge in [-0.3, -0.25) is 9.59 Å². The van der Waals surface area contributed by atoms with Crippen LogP contribution in [0.1, 0.15) is 45.0 Å². The number of hydrogen-bond acceptors (Lipinski definition) is 3. The average Bonchev–Trinajstić information content (AvgIpc) is 2.35. The molecule has 1 N–H and O–H groups in total. The van der Waals surface area contributed by atoms with Crippen molar-refractivity contribution in [3.63, 3.8) is 0 Å². The molecule has 0 spiro atoms. The Kier molecular flexibility index (Phi) is 5.31. The molecule has 1 amide bonds. The quantitative estimate of drug-likeness (QED) is 0.838. The molecular formula is C16H23NO3. The summed E-state index contributed by atoms with van der Waals surface area (Å²) >= 11 is 0. The molecule has 4 nitrogen and oxygen atoms in total. The zero-order valence-electron chi connectivity index (χ0n) is 12.8. The molecule has 0 atom stereocenters. The molecule has 1 aromatic rings. The number of carbonyl (C=O) groups is 2. The first-order valence-corrected chi connectivity index (χ1v) is 6.77. The maximum Gasteiger partial charge on any atom is 0.229 e. The summed E-state index contributed by atoms with van der Waals surface area (Å²) in [6, 6.07) is 5.02. The minimum Gasteiger partial charge on any atom is -0.491 e. The van der Waals surface area contributed by atoms with Crippen LogP contribution in [-0.2, 0) is 4.79 Å². The average molecular weight is 277 g/mol. The number of aldehydes is 1. The van der Waals surface area contributed by atoms with Gasteiger partial charge in [-0.1, -0.05) is 34.6 Å². The monoisotopic (exact) mass is 277 g/mol. The van der Waals surface area contributed by atoms with Gasteiger partial charge >= 0.3 is 0 Å². The molecule has 1 aromatic carbocycles. The van der Waals surface area contributed by atoms with E-state index in [1.807, 2.05) is 34.6 Å². The molecule has 0 saturated heterocycles. The van der Waals surface area contributed by atoms with E-state index in [1.54, 1.807) is 18.2 Å². The normalized spacial score (nSPS) is 11.3. The van der Waals surface area contributed by atoms with E-state index in [9.17, 15) is 9.59 Å². The van der Waals surface area contributed by atoms with Crippen molar-refractivity contribution in [1.29, 1.82) is 0 Å². The highest BCUT2D eigenvalue weighted by Crippen LogP contribution is 2.28. The Morgan fingerprint density at radius 3 is 2.50 bits per heavy atom. The highest BCUT2D eigenvalue weighted by atomic mass is 16.5. The third kappa shape index (κ3) is 4.68. The Labute approximate surface area is 120 Å². The van der Waals surface area contributed by atoms with Crippen molar-refractivity contribution in [2.24, 2.45) is 11.3 Å². The van der Waals surface area contributed by atoms with Crippen LogP contribution in [0.15, 0.2) is 18.2 Å². The number of ether oxygens (including phenoxy) is 1. The lowest BCUT2D eigenvalue weighted by atomic mass is 9.95. The van der Waals surface area contributed by atoms with E-state index in [4.69, 9.17) is 4.74 Å². The Hall–Kier alpha value is -1.84. The molecule has 0 radical (unpaired) electrons. The second-order valence-corrected chi connectivity index (χ2v) is 6.28. The summed E-state index contributed by atoms with van der Waals surface area (Å²) in [5.74, 6) is 0.851. The fourth-order valence-corrected chi connectivity index (χ4v) is 1.41. The van der Waals surface area contributed by atoms with Crippen molar-refractivity contribution in [3.05, 3.63) is 23.8 Å². The van der Waals surface area contributed by atoms with Gasteiger partial charge in [0, 0.05) is 11.0 Å². The highest BCUT2D eigenvalue weighted by Gasteiger charge is 2.22. The molecule has 0 saturated carbocycles. The predicted octanol–water partition coefficient (Wildman–Crippen LogP) is 3.52. The van der Waals surface area contributed by atoms with Gasteiger partial charge in [0.2, 0.25) is 5.91 Å². The molecule has 0 heterocycles. The van der Waals surface area contributed by atoms with E-state index in [1.165, 1.54) is 0 Å². The number of benzene rings is 1. The maximum absolute atomic E-state index is 12.1. The van der Waals surface area contributed by atoms with Gasteiger partial charge in [-0.05, 0) is 24.1 Å². The van der Waals surface area contributed by atoms with Crippen molar-refractivity contribution >= 4 is 17.9 Å². The zero-order valence-corrected chi connectivity index (χ0v) is 12.8. The Morgan fingerprint density at radius 2 is 2.00 bits per heavy atom. The fourth-order valence-electron chi connectivity index (χ4n) is 1.41. The number of nitrogens with one attached hydrogen (secondary N) is 1. The van der Waals surface area contributed by atoms with Crippen molar-refractivity contribution < 1.29 is 14.3 Å². The number of hydrogen-bond donors (Lipinski definition) is 1. The van der Waals surface area contributed by atoms with Crippen LogP contribution in [0.3, 0.4) is 0 Å². The smallest absolute Gasteiger partial charge is 0.229 e. The van der Waals surface area contributed by atoms with Crippen molar-refractivity contribution in [1.82, 2.24) is 0 Å². The van der Waals surface area contributed by atoms with Gasteiger partial charge in [-0.25, -0.2) is 0 Å². The lowest BCUT2D eigenvalue weighted by Gasteiger charge is -2.20. The van der Waals surface area contributed by atoms with E-state index in [-0.39, 0.29) is 5.91 Å². The molecule has 0 aliphatic carbocycles. The van der Waals surface area contributed by atoms with E-state index >= 15 is 0 Å². The lowest BCUT2D eigenvalue weighted by molar-refractivity contribution is -0.123.